The van der Waals surface area contributed by atoms with Crippen LogP contribution in [0.2, 0.25) is 10.0 Å². The molecule has 0 bridgehead atoms. The lowest BCUT2D eigenvalue weighted by Crippen LogP contribution is -2.09. The van der Waals surface area contributed by atoms with Crippen molar-refractivity contribution in [2.45, 2.75) is 13.2 Å². The molecule has 0 aliphatic carbocycles. The van der Waals surface area contributed by atoms with Crippen molar-refractivity contribution in [1.82, 2.24) is 5.32 Å². The van der Waals surface area contributed by atoms with E-state index in [1.807, 2.05) is 37.4 Å². The molecule has 1 N–H and O–H groups in total. The predicted octanol–water partition coefficient (Wildman–Crippen LogP) is 4.29. The van der Waals surface area contributed by atoms with E-state index >= 15 is 0 Å². The summed E-state index contributed by atoms with van der Waals surface area (Å²) in [7, 11) is 1.92. The van der Waals surface area contributed by atoms with E-state index < -0.39 is 0 Å². The number of rotatable bonds is 5. The molecular formula is C15H15Cl2NO. The average molecular weight is 296 g/mol. The number of halogens is 2. The van der Waals surface area contributed by atoms with Crippen LogP contribution in [-0.4, -0.2) is 7.05 Å². The van der Waals surface area contributed by atoms with E-state index in [1.165, 1.54) is 5.56 Å². The predicted molar refractivity (Wildman–Crippen MR) is 80.0 cm³/mol. The third kappa shape index (κ3) is 3.63. The van der Waals surface area contributed by atoms with Gasteiger partial charge < -0.3 is 10.1 Å². The summed E-state index contributed by atoms with van der Waals surface area (Å²) < 4.78 is 5.75. The Kier molecular flexibility index (Phi) is 5.08. The molecule has 0 amide bonds. The molecule has 0 heterocycles. The first-order valence-corrected chi connectivity index (χ1v) is 6.76. The maximum Gasteiger partial charge on any atom is 0.139 e. The lowest BCUT2D eigenvalue weighted by Gasteiger charge is -2.12. The molecule has 0 aromatic heterocycles. The van der Waals surface area contributed by atoms with Gasteiger partial charge in [-0.2, -0.15) is 0 Å². The molecule has 2 rings (SSSR count). The van der Waals surface area contributed by atoms with Crippen LogP contribution in [0.25, 0.3) is 0 Å². The molecule has 2 nitrogen and oxygen atoms in total. The van der Waals surface area contributed by atoms with Crippen LogP contribution in [0.3, 0.4) is 0 Å². The van der Waals surface area contributed by atoms with E-state index in [-0.39, 0.29) is 0 Å². The summed E-state index contributed by atoms with van der Waals surface area (Å²) in [6.07, 6.45) is 0. The Balaban J connectivity index is 2.12. The van der Waals surface area contributed by atoms with Gasteiger partial charge in [0, 0.05) is 6.54 Å². The highest BCUT2D eigenvalue weighted by Gasteiger charge is 2.07. The summed E-state index contributed by atoms with van der Waals surface area (Å²) in [5.41, 5.74) is 2.34. The van der Waals surface area contributed by atoms with Gasteiger partial charge in [0.1, 0.15) is 17.4 Å². The minimum Gasteiger partial charge on any atom is -0.487 e. The fourth-order valence-electron chi connectivity index (χ4n) is 1.81. The Morgan fingerprint density at radius 3 is 2.47 bits per heavy atom. The van der Waals surface area contributed by atoms with Crippen LogP contribution in [0, 0.1) is 0 Å². The SMILES string of the molecule is CNCc1ccccc1COc1cccc(Cl)c1Cl. The highest BCUT2D eigenvalue weighted by atomic mass is 35.5. The van der Waals surface area contributed by atoms with Crippen LogP contribution in [0.15, 0.2) is 42.5 Å². The van der Waals surface area contributed by atoms with Gasteiger partial charge in [0.25, 0.3) is 0 Å². The third-order valence-corrected chi connectivity index (χ3v) is 3.59. The smallest absolute Gasteiger partial charge is 0.139 e. The number of benzene rings is 2. The summed E-state index contributed by atoms with van der Waals surface area (Å²) in [6.45, 7) is 1.28. The van der Waals surface area contributed by atoms with E-state index in [0.29, 0.717) is 22.4 Å². The van der Waals surface area contributed by atoms with Crippen LogP contribution in [0.4, 0.5) is 0 Å². The molecule has 2 aromatic carbocycles. The number of nitrogens with one attached hydrogen (secondary N) is 1. The monoisotopic (exact) mass is 295 g/mol. The standard InChI is InChI=1S/C15H15Cl2NO/c1-18-9-11-5-2-3-6-12(11)10-19-14-8-4-7-13(16)15(14)17/h2-8,18H,9-10H2,1H3. The second-order valence-corrected chi connectivity index (χ2v) is 4.92. The Morgan fingerprint density at radius 1 is 1.00 bits per heavy atom. The molecule has 0 aliphatic heterocycles. The van der Waals surface area contributed by atoms with Gasteiger partial charge in [-0.05, 0) is 30.3 Å². The summed E-state index contributed by atoms with van der Waals surface area (Å²) in [5, 5.41) is 4.10. The lowest BCUT2D eigenvalue weighted by molar-refractivity contribution is 0.305. The summed E-state index contributed by atoms with van der Waals surface area (Å²) >= 11 is 12.0. The molecule has 4 heteroatoms. The highest BCUT2D eigenvalue weighted by molar-refractivity contribution is 6.42. The lowest BCUT2D eigenvalue weighted by atomic mass is 10.1. The summed E-state index contributed by atoms with van der Waals surface area (Å²) in [5.74, 6) is 0.605. The Hall–Kier alpha value is -1.22. The highest BCUT2D eigenvalue weighted by Crippen LogP contribution is 2.32. The normalized spacial score (nSPS) is 10.5. The van der Waals surface area contributed by atoms with Crippen molar-refractivity contribution in [2.75, 3.05) is 7.05 Å². The van der Waals surface area contributed by atoms with Crippen molar-refractivity contribution < 1.29 is 4.74 Å². The first-order valence-electron chi connectivity index (χ1n) is 6.00. The van der Waals surface area contributed by atoms with Crippen LogP contribution < -0.4 is 10.1 Å². The van der Waals surface area contributed by atoms with Crippen molar-refractivity contribution in [2.24, 2.45) is 0 Å². The fraction of sp³-hybridized carbons (Fsp3) is 0.200. The molecule has 0 atom stereocenters. The van der Waals surface area contributed by atoms with Crippen molar-refractivity contribution >= 4 is 23.2 Å². The fourth-order valence-corrected chi connectivity index (χ4v) is 2.16. The zero-order chi connectivity index (χ0) is 13.7. The van der Waals surface area contributed by atoms with Crippen LogP contribution in [0.1, 0.15) is 11.1 Å². The van der Waals surface area contributed by atoms with Crippen LogP contribution >= 0.6 is 23.2 Å². The van der Waals surface area contributed by atoms with Gasteiger partial charge in [-0.25, -0.2) is 0 Å². The molecule has 19 heavy (non-hydrogen) atoms. The minimum absolute atomic E-state index is 0.454. The summed E-state index contributed by atoms with van der Waals surface area (Å²) in [4.78, 5) is 0. The number of hydrogen-bond donors (Lipinski definition) is 1. The minimum atomic E-state index is 0.454. The Bertz CT molecular complexity index is 558. The van der Waals surface area contributed by atoms with Gasteiger partial charge in [-0.3, -0.25) is 0 Å². The molecule has 0 saturated heterocycles. The van der Waals surface area contributed by atoms with Crippen molar-refractivity contribution in [3.63, 3.8) is 0 Å². The van der Waals surface area contributed by atoms with Crippen LogP contribution in [-0.2, 0) is 13.2 Å². The third-order valence-electron chi connectivity index (χ3n) is 2.78. The van der Waals surface area contributed by atoms with Gasteiger partial charge in [0.15, 0.2) is 0 Å². The van der Waals surface area contributed by atoms with E-state index in [1.54, 1.807) is 6.07 Å². The van der Waals surface area contributed by atoms with Crippen molar-refractivity contribution in [3.05, 3.63) is 63.6 Å². The number of ether oxygens (including phenoxy) is 1. The van der Waals surface area contributed by atoms with Gasteiger partial charge in [-0.15, -0.1) is 0 Å². The molecule has 0 aliphatic rings. The molecule has 0 spiro atoms. The van der Waals surface area contributed by atoms with Gasteiger partial charge in [0.2, 0.25) is 0 Å². The quantitative estimate of drug-likeness (QED) is 0.888. The van der Waals surface area contributed by atoms with Crippen molar-refractivity contribution in [1.29, 1.82) is 0 Å². The Labute approximate surface area is 123 Å². The largest absolute Gasteiger partial charge is 0.487 e. The summed E-state index contributed by atoms with van der Waals surface area (Å²) in [6, 6.07) is 13.5. The van der Waals surface area contributed by atoms with Gasteiger partial charge >= 0.3 is 0 Å². The van der Waals surface area contributed by atoms with E-state index in [0.717, 1.165) is 12.1 Å². The van der Waals surface area contributed by atoms with Gasteiger partial charge in [0.05, 0.1) is 5.02 Å². The zero-order valence-electron chi connectivity index (χ0n) is 10.6. The van der Waals surface area contributed by atoms with Gasteiger partial charge in [-0.1, -0.05) is 53.5 Å². The maximum atomic E-state index is 6.09. The van der Waals surface area contributed by atoms with Crippen molar-refractivity contribution in [3.8, 4) is 5.75 Å². The molecule has 0 unspecified atom stereocenters. The molecule has 2 aromatic rings. The zero-order valence-corrected chi connectivity index (χ0v) is 12.1. The van der Waals surface area contributed by atoms with E-state index in [4.69, 9.17) is 27.9 Å². The molecule has 0 saturated carbocycles. The molecule has 0 fully saturated rings. The average Bonchev–Trinajstić information content (AvgIpc) is 2.42. The second kappa shape index (κ2) is 6.80. The molecular weight excluding hydrogens is 281 g/mol. The van der Waals surface area contributed by atoms with E-state index in [9.17, 15) is 0 Å². The number of hydrogen-bond acceptors (Lipinski definition) is 2. The molecule has 100 valence electrons. The maximum absolute atomic E-state index is 6.09. The first kappa shape index (κ1) is 14.2. The molecule has 0 radical (unpaired) electrons. The second-order valence-electron chi connectivity index (χ2n) is 4.14. The van der Waals surface area contributed by atoms with Crippen LogP contribution in [0.5, 0.6) is 5.75 Å². The first-order chi connectivity index (χ1) is 9.22. The topological polar surface area (TPSA) is 21.3 Å². The van der Waals surface area contributed by atoms with E-state index in [2.05, 4.69) is 11.4 Å². The Morgan fingerprint density at radius 2 is 1.74 bits per heavy atom.